The van der Waals surface area contributed by atoms with Crippen molar-refractivity contribution in [3.63, 3.8) is 0 Å². The molecular weight excluding hydrogens is 374 g/mol. The second kappa shape index (κ2) is 10.0. The number of hydrogen-bond donors (Lipinski definition) is 1. The molecule has 0 unspecified atom stereocenters. The van der Waals surface area contributed by atoms with Gasteiger partial charge in [0.15, 0.2) is 6.10 Å². The van der Waals surface area contributed by atoms with Gasteiger partial charge in [-0.05, 0) is 46.6 Å². The minimum absolute atomic E-state index is 0.00350. The molecule has 1 amide bonds. The van der Waals surface area contributed by atoms with Crippen LogP contribution in [-0.4, -0.2) is 25.2 Å². The fraction of sp³-hybridized carbons (Fsp3) is 0.500. The summed E-state index contributed by atoms with van der Waals surface area (Å²) in [5.74, 6) is 1.45. The lowest BCUT2D eigenvalue weighted by molar-refractivity contribution is -0.128. The highest BCUT2D eigenvalue weighted by molar-refractivity contribution is 5.81. The molecular formula is C26H37NO3. The second-order valence-corrected chi connectivity index (χ2v) is 9.67. The Morgan fingerprint density at radius 2 is 1.57 bits per heavy atom. The van der Waals surface area contributed by atoms with Crippen molar-refractivity contribution in [3.8, 4) is 11.5 Å². The summed E-state index contributed by atoms with van der Waals surface area (Å²) in [7, 11) is 0. The summed E-state index contributed by atoms with van der Waals surface area (Å²) in [6.07, 6.45) is 0.0768. The first-order chi connectivity index (χ1) is 14.0. The van der Waals surface area contributed by atoms with Crippen LogP contribution in [0, 0.1) is 0 Å². The van der Waals surface area contributed by atoms with E-state index in [1.165, 1.54) is 5.56 Å². The van der Waals surface area contributed by atoms with Crippen LogP contribution < -0.4 is 14.8 Å². The van der Waals surface area contributed by atoms with E-state index in [9.17, 15) is 4.79 Å². The van der Waals surface area contributed by atoms with E-state index in [1.807, 2.05) is 37.3 Å². The van der Waals surface area contributed by atoms with Crippen molar-refractivity contribution < 1.29 is 14.3 Å². The molecule has 2 aromatic carbocycles. The molecule has 164 valence electrons. The summed E-state index contributed by atoms with van der Waals surface area (Å²) >= 11 is 0. The average Bonchev–Trinajstić information content (AvgIpc) is 2.68. The van der Waals surface area contributed by atoms with Crippen molar-refractivity contribution in [1.82, 2.24) is 5.32 Å². The SMILES string of the molecule is CC[C@@H](Oc1ccc(C(C)(C)C)cc1)C(=O)NCCOc1ccccc1C(C)(C)C. The first-order valence-corrected chi connectivity index (χ1v) is 10.8. The Morgan fingerprint density at radius 3 is 2.13 bits per heavy atom. The fourth-order valence-electron chi connectivity index (χ4n) is 3.18. The lowest BCUT2D eigenvalue weighted by atomic mass is 9.86. The number of carbonyl (C=O) groups excluding carboxylic acids is 1. The van der Waals surface area contributed by atoms with Crippen LogP contribution >= 0.6 is 0 Å². The molecule has 4 nitrogen and oxygen atoms in total. The van der Waals surface area contributed by atoms with Crippen LogP contribution in [-0.2, 0) is 15.6 Å². The molecule has 0 heterocycles. The Balaban J connectivity index is 1.86. The van der Waals surface area contributed by atoms with Crippen molar-refractivity contribution in [2.45, 2.75) is 71.8 Å². The largest absolute Gasteiger partial charge is 0.491 e. The Labute approximate surface area is 182 Å². The van der Waals surface area contributed by atoms with E-state index in [2.05, 4.69) is 65.1 Å². The highest BCUT2D eigenvalue weighted by Gasteiger charge is 2.20. The quantitative estimate of drug-likeness (QED) is 0.572. The maximum Gasteiger partial charge on any atom is 0.261 e. The molecule has 1 N–H and O–H groups in total. The Bertz CT molecular complexity index is 813. The molecule has 0 spiro atoms. The third kappa shape index (κ3) is 6.79. The summed E-state index contributed by atoms with van der Waals surface area (Å²) in [5, 5.41) is 2.93. The van der Waals surface area contributed by atoms with Crippen molar-refractivity contribution in [3.05, 3.63) is 59.7 Å². The van der Waals surface area contributed by atoms with Crippen molar-refractivity contribution in [2.24, 2.45) is 0 Å². The van der Waals surface area contributed by atoms with Gasteiger partial charge in [-0.1, -0.05) is 78.8 Å². The van der Waals surface area contributed by atoms with Gasteiger partial charge in [-0.15, -0.1) is 0 Å². The van der Waals surface area contributed by atoms with Gasteiger partial charge in [0.05, 0.1) is 6.54 Å². The minimum atomic E-state index is -0.521. The molecule has 2 rings (SSSR count). The smallest absolute Gasteiger partial charge is 0.261 e. The zero-order valence-corrected chi connectivity index (χ0v) is 19.5. The molecule has 2 aromatic rings. The van der Waals surface area contributed by atoms with Crippen LogP contribution in [0.1, 0.15) is 66.0 Å². The summed E-state index contributed by atoms with van der Waals surface area (Å²) < 4.78 is 11.9. The van der Waals surface area contributed by atoms with Gasteiger partial charge in [0.25, 0.3) is 5.91 Å². The van der Waals surface area contributed by atoms with Crippen LogP contribution in [0.5, 0.6) is 11.5 Å². The van der Waals surface area contributed by atoms with Gasteiger partial charge in [0, 0.05) is 0 Å². The first-order valence-electron chi connectivity index (χ1n) is 10.8. The van der Waals surface area contributed by atoms with Crippen molar-refractivity contribution >= 4 is 5.91 Å². The third-order valence-electron chi connectivity index (χ3n) is 5.02. The molecule has 0 aliphatic heterocycles. The third-order valence-corrected chi connectivity index (χ3v) is 5.02. The number of rotatable bonds is 8. The Hall–Kier alpha value is -2.49. The molecule has 0 aliphatic rings. The zero-order chi connectivity index (χ0) is 22.4. The zero-order valence-electron chi connectivity index (χ0n) is 19.5. The first kappa shape index (κ1) is 23.8. The van der Waals surface area contributed by atoms with E-state index in [0.717, 1.165) is 11.3 Å². The molecule has 0 fully saturated rings. The Morgan fingerprint density at radius 1 is 0.933 bits per heavy atom. The predicted molar refractivity (Wildman–Crippen MR) is 123 cm³/mol. The highest BCUT2D eigenvalue weighted by atomic mass is 16.5. The van der Waals surface area contributed by atoms with Crippen LogP contribution in [0.3, 0.4) is 0 Å². The summed E-state index contributed by atoms with van der Waals surface area (Å²) in [4.78, 5) is 12.6. The van der Waals surface area contributed by atoms with Gasteiger partial charge in [-0.2, -0.15) is 0 Å². The molecule has 0 saturated carbocycles. The number of nitrogens with one attached hydrogen (secondary N) is 1. The van der Waals surface area contributed by atoms with Crippen LogP contribution in [0.4, 0.5) is 0 Å². The second-order valence-electron chi connectivity index (χ2n) is 9.67. The predicted octanol–water partition coefficient (Wildman–Crippen LogP) is 5.63. The minimum Gasteiger partial charge on any atom is -0.491 e. The topological polar surface area (TPSA) is 47.6 Å². The molecule has 0 saturated heterocycles. The summed E-state index contributed by atoms with van der Waals surface area (Å²) in [6.45, 7) is 15.8. The maximum atomic E-state index is 12.6. The number of para-hydroxylation sites is 1. The van der Waals surface area contributed by atoms with Crippen molar-refractivity contribution in [1.29, 1.82) is 0 Å². The molecule has 0 aromatic heterocycles. The standard InChI is InChI=1S/C26H37NO3/c1-8-22(30-20-15-13-19(14-16-20)25(2,3)4)24(28)27-17-18-29-23-12-10-9-11-21(23)26(5,6)7/h9-16,22H,8,17-18H2,1-7H3,(H,27,28)/t22-/m1/s1. The van der Waals surface area contributed by atoms with E-state index < -0.39 is 6.10 Å². The number of benzene rings is 2. The van der Waals surface area contributed by atoms with Crippen LogP contribution in [0.15, 0.2) is 48.5 Å². The van der Waals surface area contributed by atoms with Gasteiger partial charge in [0.2, 0.25) is 0 Å². The van der Waals surface area contributed by atoms with Gasteiger partial charge in [-0.25, -0.2) is 0 Å². The average molecular weight is 412 g/mol. The fourth-order valence-corrected chi connectivity index (χ4v) is 3.18. The van der Waals surface area contributed by atoms with Gasteiger partial charge >= 0.3 is 0 Å². The number of hydrogen-bond acceptors (Lipinski definition) is 3. The Kier molecular flexibility index (Phi) is 7.94. The summed E-state index contributed by atoms with van der Waals surface area (Å²) in [5.41, 5.74) is 2.49. The maximum absolute atomic E-state index is 12.6. The number of ether oxygens (including phenoxy) is 2. The van der Waals surface area contributed by atoms with Crippen LogP contribution in [0.25, 0.3) is 0 Å². The molecule has 1 atom stereocenters. The van der Waals surface area contributed by atoms with Crippen LogP contribution in [0.2, 0.25) is 0 Å². The lowest BCUT2D eigenvalue weighted by Gasteiger charge is -2.23. The molecule has 30 heavy (non-hydrogen) atoms. The van der Waals surface area contributed by atoms with E-state index >= 15 is 0 Å². The molecule has 0 aliphatic carbocycles. The monoisotopic (exact) mass is 411 g/mol. The van der Waals surface area contributed by atoms with E-state index in [4.69, 9.17) is 9.47 Å². The normalized spacial score (nSPS) is 12.9. The lowest BCUT2D eigenvalue weighted by Crippen LogP contribution is -2.39. The molecule has 4 heteroatoms. The van der Waals surface area contributed by atoms with E-state index in [-0.39, 0.29) is 16.7 Å². The van der Waals surface area contributed by atoms with E-state index in [0.29, 0.717) is 25.3 Å². The number of amides is 1. The van der Waals surface area contributed by atoms with Crippen molar-refractivity contribution in [2.75, 3.05) is 13.2 Å². The molecule has 0 bridgehead atoms. The van der Waals surface area contributed by atoms with Gasteiger partial charge < -0.3 is 14.8 Å². The molecule has 0 radical (unpaired) electrons. The highest BCUT2D eigenvalue weighted by Crippen LogP contribution is 2.30. The van der Waals surface area contributed by atoms with Gasteiger partial charge in [-0.3, -0.25) is 4.79 Å². The summed E-state index contributed by atoms with van der Waals surface area (Å²) in [6, 6.07) is 16.0. The number of carbonyl (C=O) groups is 1. The van der Waals surface area contributed by atoms with Gasteiger partial charge in [0.1, 0.15) is 18.1 Å². The van der Waals surface area contributed by atoms with E-state index in [1.54, 1.807) is 0 Å².